The van der Waals surface area contributed by atoms with Gasteiger partial charge in [0.05, 0.1) is 20.3 Å². The Hall–Kier alpha value is -1.79. The van der Waals surface area contributed by atoms with E-state index in [1.165, 1.54) is 24.8 Å². The van der Waals surface area contributed by atoms with Gasteiger partial charge < -0.3 is 19.7 Å². The molecule has 1 aromatic rings. The molecule has 3 saturated heterocycles. The number of methoxy groups -OCH3 is 1. The Labute approximate surface area is 161 Å². The maximum atomic E-state index is 12.6. The van der Waals surface area contributed by atoms with Gasteiger partial charge in [-0.3, -0.25) is 4.90 Å². The predicted molar refractivity (Wildman–Crippen MR) is 104 cm³/mol. The lowest BCUT2D eigenvalue weighted by atomic mass is 9.81. The number of rotatable bonds is 4. The molecule has 0 radical (unpaired) electrons. The molecule has 0 spiro atoms. The smallest absolute Gasteiger partial charge is 0.317 e. The van der Waals surface area contributed by atoms with Crippen molar-refractivity contribution in [3.8, 4) is 5.75 Å². The lowest BCUT2D eigenvalue weighted by Crippen LogP contribution is -2.58. The zero-order valence-corrected chi connectivity index (χ0v) is 16.2. The number of benzene rings is 1. The normalized spacial score (nSPS) is 28.6. The van der Waals surface area contributed by atoms with Gasteiger partial charge in [0, 0.05) is 37.8 Å². The van der Waals surface area contributed by atoms with E-state index in [1.807, 2.05) is 17.0 Å². The topological polar surface area (TPSA) is 54.0 Å². The number of carbonyl (C=O) groups excluding carboxylic acids is 1. The van der Waals surface area contributed by atoms with Crippen molar-refractivity contribution in [1.82, 2.24) is 15.1 Å². The van der Waals surface area contributed by atoms with Gasteiger partial charge in [-0.25, -0.2) is 4.79 Å². The average molecular weight is 373 g/mol. The number of piperidine rings is 2. The molecule has 2 unspecified atom stereocenters. The van der Waals surface area contributed by atoms with Crippen LogP contribution in [-0.4, -0.2) is 67.4 Å². The van der Waals surface area contributed by atoms with Gasteiger partial charge in [-0.15, -0.1) is 0 Å². The van der Waals surface area contributed by atoms with Crippen molar-refractivity contribution < 1.29 is 14.3 Å². The molecule has 1 aromatic carbocycles. The summed E-state index contributed by atoms with van der Waals surface area (Å²) in [6, 6.07) is 9.93. The molecule has 0 saturated carbocycles. The van der Waals surface area contributed by atoms with Crippen LogP contribution in [0.5, 0.6) is 5.75 Å². The fraction of sp³-hybridized carbons (Fsp3) is 0.667. The van der Waals surface area contributed by atoms with Crippen molar-refractivity contribution >= 4 is 6.03 Å². The van der Waals surface area contributed by atoms with Gasteiger partial charge in [-0.2, -0.15) is 0 Å². The SMILES string of the molecule is COc1ccc(CN2C3CCCC2CC(NC(=O)N2CCOCC2)C3)cc1. The molecule has 6 heteroatoms. The van der Waals surface area contributed by atoms with Crippen LogP contribution >= 0.6 is 0 Å². The highest BCUT2D eigenvalue weighted by atomic mass is 16.5. The van der Waals surface area contributed by atoms with Gasteiger partial charge in [0.25, 0.3) is 0 Å². The minimum Gasteiger partial charge on any atom is -0.497 e. The second kappa shape index (κ2) is 8.48. The number of hydrogen-bond acceptors (Lipinski definition) is 4. The van der Waals surface area contributed by atoms with E-state index in [-0.39, 0.29) is 6.03 Å². The first kappa shape index (κ1) is 18.6. The maximum Gasteiger partial charge on any atom is 0.317 e. The molecule has 2 atom stereocenters. The van der Waals surface area contributed by atoms with Crippen LogP contribution in [0.15, 0.2) is 24.3 Å². The van der Waals surface area contributed by atoms with E-state index in [9.17, 15) is 4.79 Å². The molecule has 3 aliphatic heterocycles. The van der Waals surface area contributed by atoms with Gasteiger partial charge in [-0.1, -0.05) is 18.6 Å². The van der Waals surface area contributed by atoms with Crippen LogP contribution in [0.2, 0.25) is 0 Å². The Morgan fingerprint density at radius 1 is 1.15 bits per heavy atom. The molecular formula is C21H31N3O3. The summed E-state index contributed by atoms with van der Waals surface area (Å²) in [6.45, 7) is 3.70. The Morgan fingerprint density at radius 3 is 2.44 bits per heavy atom. The zero-order chi connectivity index (χ0) is 18.6. The molecule has 2 bridgehead atoms. The highest BCUT2D eigenvalue weighted by Gasteiger charge is 2.39. The minimum atomic E-state index is 0.0879. The number of fused-ring (bicyclic) bond motifs is 2. The predicted octanol–water partition coefficient (Wildman–Crippen LogP) is 2.62. The number of nitrogens with one attached hydrogen (secondary N) is 1. The third kappa shape index (κ3) is 4.38. The number of urea groups is 1. The summed E-state index contributed by atoms with van der Waals surface area (Å²) in [6.07, 6.45) is 5.89. The van der Waals surface area contributed by atoms with E-state index < -0.39 is 0 Å². The number of hydrogen-bond donors (Lipinski definition) is 1. The van der Waals surface area contributed by atoms with Gasteiger partial charge in [-0.05, 0) is 43.4 Å². The Bertz CT molecular complexity index is 616. The summed E-state index contributed by atoms with van der Waals surface area (Å²) < 4.78 is 10.6. The van der Waals surface area contributed by atoms with Crippen molar-refractivity contribution in [2.24, 2.45) is 0 Å². The number of nitrogens with zero attached hydrogens (tertiary/aromatic N) is 2. The summed E-state index contributed by atoms with van der Waals surface area (Å²) in [5.74, 6) is 0.906. The fourth-order valence-electron chi connectivity index (χ4n) is 4.83. The van der Waals surface area contributed by atoms with Crippen LogP contribution in [0.1, 0.15) is 37.7 Å². The molecule has 2 amide bonds. The summed E-state index contributed by atoms with van der Waals surface area (Å²) >= 11 is 0. The van der Waals surface area contributed by atoms with Crippen molar-refractivity contribution in [1.29, 1.82) is 0 Å². The average Bonchev–Trinajstić information content (AvgIpc) is 2.70. The van der Waals surface area contributed by atoms with E-state index in [2.05, 4.69) is 22.3 Å². The molecule has 148 valence electrons. The molecule has 0 aromatic heterocycles. The van der Waals surface area contributed by atoms with Crippen molar-refractivity contribution in [2.45, 2.75) is 56.8 Å². The number of amides is 2. The molecule has 3 aliphatic rings. The van der Waals surface area contributed by atoms with E-state index in [1.54, 1.807) is 7.11 Å². The summed E-state index contributed by atoms with van der Waals surface area (Å²) in [7, 11) is 1.70. The fourth-order valence-corrected chi connectivity index (χ4v) is 4.83. The van der Waals surface area contributed by atoms with Crippen molar-refractivity contribution in [2.75, 3.05) is 33.4 Å². The van der Waals surface area contributed by atoms with Gasteiger partial charge in [0.2, 0.25) is 0 Å². The molecule has 6 nitrogen and oxygen atoms in total. The molecular weight excluding hydrogens is 342 g/mol. The number of ether oxygens (including phenoxy) is 2. The van der Waals surface area contributed by atoms with E-state index in [4.69, 9.17) is 9.47 Å². The monoisotopic (exact) mass is 373 g/mol. The zero-order valence-electron chi connectivity index (χ0n) is 16.2. The van der Waals surface area contributed by atoms with Crippen LogP contribution in [0, 0.1) is 0 Å². The van der Waals surface area contributed by atoms with E-state index in [0.29, 0.717) is 44.4 Å². The third-order valence-electron chi connectivity index (χ3n) is 6.28. The van der Waals surface area contributed by atoms with Crippen LogP contribution in [0.4, 0.5) is 4.79 Å². The molecule has 4 rings (SSSR count). The largest absolute Gasteiger partial charge is 0.497 e. The van der Waals surface area contributed by atoms with E-state index >= 15 is 0 Å². The first-order chi connectivity index (χ1) is 13.2. The summed E-state index contributed by atoms with van der Waals surface area (Å²) in [5.41, 5.74) is 1.34. The quantitative estimate of drug-likeness (QED) is 0.882. The first-order valence-corrected chi connectivity index (χ1v) is 10.2. The Kier molecular flexibility index (Phi) is 5.83. The summed E-state index contributed by atoms with van der Waals surface area (Å²) in [4.78, 5) is 17.1. The standard InChI is InChI=1S/C21H31N3O3/c1-26-20-7-5-16(6-8-20)15-24-18-3-2-4-19(24)14-17(13-18)22-21(25)23-9-11-27-12-10-23/h5-8,17-19H,2-4,9-15H2,1H3,(H,22,25). The molecule has 3 heterocycles. The second-order valence-electron chi connectivity index (χ2n) is 7.98. The van der Waals surface area contributed by atoms with Gasteiger partial charge >= 0.3 is 6.03 Å². The first-order valence-electron chi connectivity index (χ1n) is 10.2. The lowest BCUT2D eigenvalue weighted by molar-refractivity contribution is 0.0160. The Morgan fingerprint density at radius 2 is 1.81 bits per heavy atom. The Balaban J connectivity index is 1.36. The van der Waals surface area contributed by atoms with Gasteiger partial charge in [0.15, 0.2) is 0 Å². The van der Waals surface area contributed by atoms with Crippen LogP contribution < -0.4 is 10.1 Å². The van der Waals surface area contributed by atoms with Crippen LogP contribution in [0.3, 0.4) is 0 Å². The van der Waals surface area contributed by atoms with Crippen LogP contribution in [-0.2, 0) is 11.3 Å². The molecule has 1 N–H and O–H groups in total. The third-order valence-corrected chi connectivity index (χ3v) is 6.28. The van der Waals surface area contributed by atoms with Crippen LogP contribution in [0.25, 0.3) is 0 Å². The highest BCUT2D eigenvalue weighted by Crippen LogP contribution is 2.35. The maximum absolute atomic E-state index is 12.6. The molecule has 3 fully saturated rings. The summed E-state index contributed by atoms with van der Waals surface area (Å²) in [5, 5.41) is 3.30. The molecule has 0 aliphatic carbocycles. The lowest BCUT2D eigenvalue weighted by Gasteiger charge is -2.49. The van der Waals surface area contributed by atoms with Crippen molar-refractivity contribution in [3.05, 3.63) is 29.8 Å². The minimum absolute atomic E-state index is 0.0879. The van der Waals surface area contributed by atoms with Gasteiger partial charge in [0.1, 0.15) is 5.75 Å². The van der Waals surface area contributed by atoms with Crippen molar-refractivity contribution in [3.63, 3.8) is 0 Å². The molecule has 27 heavy (non-hydrogen) atoms. The number of carbonyl (C=O) groups is 1. The highest BCUT2D eigenvalue weighted by molar-refractivity contribution is 5.74. The van der Waals surface area contributed by atoms with E-state index in [0.717, 1.165) is 25.1 Å². The number of morpholine rings is 1. The second-order valence-corrected chi connectivity index (χ2v) is 7.98.